The van der Waals surface area contributed by atoms with Crippen LogP contribution >= 0.6 is 0 Å². The van der Waals surface area contributed by atoms with Crippen molar-refractivity contribution in [2.45, 2.75) is 25.4 Å². The van der Waals surface area contributed by atoms with Gasteiger partial charge in [-0.25, -0.2) is 0 Å². The monoisotopic (exact) mass is 275 g/mol. The van der Waals surface area contributed by atoms with Gasteiger partial charge in [-0.1, -0.05) is 0 Å². The van der Waals surface area contributed by atoms with Gasteiger partial charge in [-0.15, -0.1) is 0 Å². The van der Waals surface area contributed by atoms with Crippen molar-refractivity contribution in [3.05, 3.63) is 0 Å². The SMILES string of the molecule is COCCN(C(C)COC)C(CN)CC(=O)N(C)C. The Morgan fingerprint density at radius 2 is 1.89 bits per heavy atom. The van der Waals surface area contributed by atoms with Gasteiger partial charge in [0.1, 0.15) is 0 Å². The summed E-state index contributed by atoms with van der Waals surface area (Å²) in [6.45, 7) is 4.47. The molecule has 0 aliphatic carbocycles. The first-order valence-electron chi connectivity index (χ1n) is 6.61. The van der Waals surface area contributed by atoms with Crippen molar-refractivity contribution < 1.29 is 14.3 Å². The number of carbonyl (C=O) groups excluding carboxylic acids is 1. The van der Waals surface area contributed by atoms with E-state index in [1.807, 2.05) is 0 Å². The van der Waals surface area contributed by atoms with Crippen LogP contribution in [0.1, 0.15) is 13.3 Å². The van der Waals surface area contributed by atoms with Gasteiger partial charge >= 0.3 is 0 Å². The summed E-state index contributed by atoms with van der Waals surface area (Å²) in [4.78, 5) is 15.6. The summed E-state index contributed by atoms with van der Waals surface area (Å²) in [5, 5.41) is 0. The lowest BCUT2D eigenvalue weighted by molar-refractivity contribution is -0.130. The van der Waals surface area contributed by atoms with Gasteiger partial charge in [-0.2, -0.15) is 0 Å². The quantitative estimate of drug-likeness (QED) is 0.597. The molecule has 0 saturated carbocycles. The average molecular weight is 275 g/mol. The van der Waals surface area contributed by atoms with Gasteiger partial charge in [-0.05, 0) is 6.92 Å². The van der Waals surface area contributed by atoms with Crippen molar-refractivity contribution in [1.29, 1.82) is 0 Å². The van der Waals surface area contributed by atoms with Crippen molar-refractivity contribution >= 4 is 5.91 Å². The van der Waals surface area contributed by atoms with E-state index in [2.05, 4.69) is 11.8 Å². The number of nitrogens with two attached hydrogens (primary N) is 1. The van der Waals surface area contributed by atoms with Crippen LogP contribution < -0.4 is 5.73 Å². The Balaban J connectivity index is 4.70. The Bertz CT molecular complexity index is 249. The van der Waals surface area contributed by atoms with Gasteiger partial charge < -0.3 is 20.1 Å². The Hall–Kier alpha value is -0.690. The lowest BCUT2D eigenvalue weighted by Crippen LogP contribution is -2.50. The van der Waals surface area contributed by atoms with E-state index in [1.54, 1.807) is 33.2 Å². The number of methoxy groups -OCH3 is 2. The fourth-order valence-corrected chi connectivity index (χ4v) is 2.02. The molecule has 0 aromatic heterocycles. The fourth-order valence-electron chi connectivity index (χ4n) is 2.02. The summed E-state index contributed by atoms with van der Waals surface area (Å²) in [6.07, 6.45) is 0.418. The second-order valence-corrected chi connectivity index (χ2v) is 4.92. The first-order chi connectivity index (χ1) is 8.97. The Morgan fingerprint density at radius 3 is 2.32 bits per heavy atom. The minimum absolute atomic E-state index is 0.00944. The third-order valence-electron chi connectivity index (χ3n) is 3.18. The van der Waals surface area contributed by atoms with Crippen LogP contribution in [0, 0.1) is 0 Å². The van der Waals surface area contributed by atoms with E-state index >= 15 is 0 Å². The van der Waals surface area contributed by atoms with Crippen LogP contribution in [0.15, 0.2) is 0 Å². The number of ether oxygens (including phenoxy) is 2. The van der Waals surface area contributed by atoms with Crippen LogP contribution in [0.3, 0.4) is 0 Å². The Labute approximate surface area is 116 Å². The molecule has 0 aliphatic heterocycles. The maximum Gasteiger partial charge on any atom is 0.223 e. The molecule has 0 heterocycles. The Kier molecular flexibility index (Phi) is 9.77. The van der Waals surface area contributed by atoms with E-state index in [0.29, 0.717) is 26.2 Å². The summed E-state index contributed by atoms with van der Waals surface area (Å²) in [7, 11) is 6.86. The molecular formula is C13H29N3O3. The smallest absolute Gasteiger partial charge is 0.223 e. The van der Waals surface area contributed by atoms with Crippen LogP contribution in [-0.4, -0.2) is 82.4 Å². The molecule has 6 nitrogen and oxygen atoms in total. The van der Waals surface area contributed by atoms with Gasteiger partial charge in [0.2, 0.25) is 5.91 Å². The van der Waals surface area contributed by atoms with E-state index in [4.69, 9.17) is 15.2 Å². The molecule has 0 rings (SSSR count). The zero-order chi connectivity index (χ0) is 14.8. The molecule has 0 aromatic rings. The first kappa shape index (κ1) is 18.3. The highest BCUT2D eigenvalue weighted by molar-refractivity contribution is 5.76. The van der Waals surface area contributed by atoms with Crippen LogP contribution in [0.5, 0.6) is 0 Å². The molecule has 0 bridgehead atoms. The lowest BCUT2D eigenvalue weighted by Gasteiger charge is -2.35. The van der Waals surface area contributed by atoms with Gasteiger partial charge in [-0.3, -0.25) is 9.69 Å². The number of nitrogens with zero attached hydrogens (tertiary/aromatic N) is 2. The Morgan fingerprint density at radius 1 is 1.26 bits per heavy atom. The number of hydrogen-bond donors (Lipinski definition) is 1. The predicted octanol–water partition coefficient (Wildman–Crippen LogP) is -0.225. The zero-order valence-electron chi connectivity index (χ0n) is 12.9. The van der Waals surface area contributed by atoms with Crippen molar-refractivity contribution in [3.8, 4) is 0 Å². The van der Waals surface area contributed by atoms with Crippen LogP contribution in [0.2, 0.25) is 0 Å². The highest BCUT2D eigenvalue weighted by Gasteiger charge is 2.25. The molecule has 0 saturated heterocycles. The minimum Gasteiger partial charge on any atom is -0.383 e. The predicted molar refractivity (Wildman–Crippen MR) is 76.1 cm³/mol. The molecule has 0 radical (unpaired) electrons. The third kappa shape index (κ3) is 6.87. The van der Waals surface area contributed by atoms with Gasteiger partial charge in [0.05, 0.1) is 13.2 Å². The number of rotatable bonds is 10. The third-order valence-corrected chi connectivity index (χ3v) is 3.18. The number of carbonyl (C=O) groups is 1. The van der Waals surface area contributed by atoms with Gasteiger partial charge in [0.25, 0.3) is 0 Å². The van der Waals surface area contributed by atoms with Crippen molar-refractivity contribution in [2.24, 2.45) is 5.73 Å². The summed E-state index contributed by atoms with van der Waals surface area (Å²) < 4.78 is 10.3. The summed E-state index contributed by atoms with van der Waals surface area (Å²) in [5.41, 5.74) is 5.83. The zero-order valence-corrected chi connectivity index (χ0v) is 12.9. The van der Waals surface area contributed by atoms with E-state index in [1.165, 1.54) is 0 Å². The highest BCUT2D eigenvalue weighted by Crippen LogP contribution is 2.10. The highest BCUT2D eigenvalue weighted by atomic mass is 16.5. The molecule has 0 spiro atoms. The van der Waals surface area contributed by atoms with E-state index in [9.17, 15) is 4.79 Å². The first-order valence-corrected chi connectivity index (χ1v) is 6.61. The molecule has 2 unspecified atom stereocenters. The maximum atomic E-state index is 11.9. The van der Waals surface area contributed by atoms with Crippen LogP contribution in [-0.2, 0) is 14.3 Å². The van der Waals surface area contributed by atoms with Gasteiger partial charge in [0.15, 0.2) is 0 Å². The summed E-state index contributed by atoms with van der Waals surface area (Å²) in [6, 6.07) is 0.207. The fraction of sp³-hybridized carbons (Fsp3) is 0.923. The minimum atomic E-state index is 0.00944. The lowest BCUT2D eigenvalue weighted by atomic mass is 10.1. The van der Waals surface area contributed by atoms with Crippen molar-refractivity contribution in [2.75, 3.05) is 54.6 Å². The molecule has 0 aliphatic rings. The molecule has 1 amide bonds. The average Bonchev–Trinajstić information content (AvgIpc) is 2.37. The second kappa shape index (κ2) is 10.1. The van der Waals surface area contributed by atoms with E-state index in [0.717, 1.165) is 6.54 Å². The molecular weight excluding hydrogens is 246 g/mol. The van der Waals surface area contributed by atoms with Gasteiger partial charge in [0, 0.05) is 59.9 Å². The van der Waals surface area contributed by atoms with Crippen LogP contribution in [0.25, 0.3) is 0 Å². The second-order valence-electron chi connectivity index (χ2n) is 4.92. The summed E-state index contributed by atoms with van der Waals surface area (Å²) in [5.74, 6) is 0.0856. The number of hydrogen-bond acceptors (Lipinski definition) is 5. The molecule has 114 valence electrons. The largest absolute Gasteiger partial charge is 0.383 e. The van der Waals surface area contributed by atoms with E-state index in [-0.39, 0.29) is 18.0 Å². The summed E-state index contributed by atoms with van der Waals surface area (Å²) >= 11 is 0. The van der Waals surface area contributed by atoms with Crippen LogP contribution in [0.4, 0.5) is 0 Å². The molecule has 0 fully saturated rings. The molecule has 6 heteroatoms. The molecule has 19 heavy (non-hydrogen) atoms. The molecule has 2 N–H and O–H groups in total. The topological polar surface area (TPSA) is 68.0 Å². The van der Waals surface area contributed by atoms with E-state index < -0.39 is 0 Å². The molecule has 0 aromatic carbocycles. The van der Waals surface area contributed by atoms with Crippen molar-refractivity contribution in [3.63, 3.8) is 0 Å². The van der Waals surface area contributed by atoms with Crippen molar-refractivity contribution in [1.82, 2.24) is 9.80 Å². The normalized spacial score (nSPS) is 14.5. The standard InChI is InChI=1S/C13H29N3O3/c1-11(10-19-5)16(6-7-18-4)12(9-14)8-13(17)15(2)3/h11-12H,6-10,14H2,1-5H3. The maximum absolute atomic E-state index is 11.9. The number of amides is 1. The molecule has 2 atom stereocenters.